The van der Waals surface area contributed by atoms with E-state index in [-0.39, 0.29) is 11.9 Å². The first-order chi connectivity index (χ1) is 8.49. The molecule has 18 heavy (non-hydrogen) atoms. The third-order valence-electron chi connectivity index (χ3n) is 3.18. The van der Waals surface area contributed by atoms with E-state index >= 15 is 0 Å². The third-order valence-corrected chi connectivity index (χ3v) is 4.37. The Labute approximate surface area is 124 Å². The van der Waals surface area contributed by atoms with E-state index < -0.39 is 0 Å². The molecular formula is C13H16Br2N2O. The average molecular weight is 376 g/mol. The van der Waals surface area contributed by atoms with Gasteiger partial charge >= 0.3 is 0 Å². The average Bonchev–Trinajstić information content (AvgIpc) is 2.34. The van der Waals surface area contributed by atoms with Gasteiger partial charge in [-0.15, -0.1) is 0 Å². The van der Waals surface area contributed by atoms with Gasteiger partial charge in [0.15, 0.2) is 0 Å². The first-order valence-electron chi connectivity index (χ1n) is 5.98. The number of hydrogen-bond acceptors (Lipinski definition) is 2. The minimum absolute atomic E-state index is 0.0871. The first kappa shape index (κ1) is 14.0. The Morgan fingerprint density at radius 1 is 1.39 bits per heavy atom. The summed E-state index contributed by atoms with van der Waals surface area (Å²) in [4.78, 5) is 14.5. The van der Waals surface area contributed by atoms with Crippen LogP contribution in [-0.2, 0) is 0 Å². The van der Waals surface area contributed by atoms with Gasteiger partial charge in [-0.3, -0.25) is 4.79 Å². The highest BCUT2D eigenvalue weighted by molar-refractivity contribution is 9.11. The number of carbonyl (C=O) groups is 1. The van der Waals surface area contributed by atoms with E-state index in [0.717, 1.165) is 22.0 Å². The lowest BCUT2D eigenvalue weighted by Crippen LogP contribution is -2.56. The topological polar surface area (TPSA) is 32.3 Å². The molecule has 0 bridgehead atoms. The highest BCUT2D eigenvalue weighted by Crippen LogP contribution is 2.24. The third kappa shape index (κ3) is 2.95. The minimum atomic E-state index is 0.0871. The number of benzene rings is 1. The Morgan fingerprint density at radius 2 is 2.11 bits per heavy atom. The van der Waals surface area contributed by atoms with Crippen molar-refractivity contribution in [3.63, 3.8) is 0 Å². The van der Waals surface area contributed by atoms with Gasteiger partial charge in [0, 0.05) is 34.1 Å². The molecule has 98 valence electrons. The molecule has 2 rings (SSSR count). The van der Waals surface area contributed by atoms with E-state index in [2.05, 4.69) is 51.0 Å². The summed E-state index contributed by atoms with van der Waals surface area (Å²) in [6, 6.07) is 6.25. The van der Waals surface area contributed by atoms with Crippen molar-refractivity contribution in [2.45, 2.75) is 25.9 Å². The Kier molecular flexibility index (Phi) is 4.45. The van der Waals surface area contributed by atoms with Crippen LogP contribution in [0.25, 0.3) is 0 Å². The van der Waals surface area contributed by atoms with Crippen molar-refractivity contribution < 1.29 is 4.79 Å². The molecule has 0 spiro atoms. The second-order valence-corrected chi connectivity index (χ2v) is 6.51. The van der Waals surface area contributed by atoms with Crippen molar-refractivity contribution in [2.75, 3.05) is 13.1 Å². The van der Waals surface area contributed by atoms with Gasteiger partial charge in [-0.2, -0.15) is 0 Å². The van der Waals surface area contributed by atoms with Crippen LogP contribution in [0.3, 0.4) is 0 Å². The maximum absolute atomic E-state index is 12.6. The van der Waals surface area contributed by atoms with Gasteiger partial charge in [-0.25, -0.2) is 0 Å². The summed E-state index contributed by atoms with van der Waals surface area (Å²) in [7, 11) is 0. The number of carbonyl (C=O) groups excluding carboxylic acids is 1. The zero-order chi connectivity index (χ0) is 13.3. The van der Waals surface area contributed by atoms with Crippen LogP contribution in [-0.4, -0.2) is 36.0 Å². The van der Waals surface area contributed by atoms with E-state index in [4.69, 9.17) is 0 Å². The van der Waals surface area contributed by atoms with E-state index in [9.17, 15) is 4.79 Å². The number of piperazine rings is 1. The molecule has 1 saturated heterocycles. The Morgan fingerprint density at radius 3 is 2.83 bits per heavy atom. The van der Waals surface area contributed by atoms with Crippen LogP contribution in [0.2, 0.25) is 0 Å². The van der Waals surface area contributed by atoms with E-state index in [1.807, 2.05) is 23.1 Å². The second-order valence-electron chi connectivity index (χ2n) is 4.74. The molecular weight excluding hydrogens is 360 g/mol. The molecule has 1 heterocycles. The van der Waals surface area contributed by atoms with Crippen LogP contribution in [0.15, 0.2) is 27.1 Å². The van der Waals surface area contributed by atoms with E-state index in [1.54, 1.807) is 0 Å². The highest BCUT2D eigenvalue weighted by atomic mass is 79.9. The highest BCUT2D eigenvalue weighted by Gasteiger charge is 2.28. The Hall–Kier alpha value is -0.390. The quantitative estimate of drug-likeness (QED) is 0.818. The summed E-state index contributed by atoms with van der Waals surface area (Å²) >= 11 is 6.86. The molecule has 1 aliphatic heterocycles. The van der Waals surface area contributed by atoms with Gasteiger partial charge in [0.25, 0.3) is 5.91 Å². The SMILES string of the molecule is CC1CN(C(=O)c2cc(Br)ccc2Br)C(C)CN1. The molecule has 1 aliphatic rings. The lowest BCUT2D eigenvalue weighted by molar-refractivity contribution is 0.0615. The van der Waals surface area contributed by atoms with Crippen molar-refractivity contribution in [2.24, 2.45) is 0 Å². The molecule has 3 nitrogen and oxygen atoms in total. The van der Waals surface area contributed by atoms with Crippen LogP contribution < -0.4 is 5.32 Å². The molecule has 2 atom stereocenters. The zero-order valence-corrected chi connectivity index (χ0v) is 13.6. The molecule has 1 aromatic rings. The summed E-state index contributed by atoms with van der Waals surface area (Å²) in [5.74, 6) is 0.0871. The fourth-order valence-corrected chi connectivity index (χ4v) is 2.90. The number of amides is 1. The molecule has 1 amide bonds. The van der Waals surface area contributed by atoms with Crippen LogP contribution in [0.5, 0.6) is 0 Å². The van der Waals surface area contributed by atoms with Gasteiger partial charge in [0.1, 0.15) is 0 Å². The number of halogens is 2. The summed E-state index contributed by atoms with van der Waals surface area (Å²) in [6.07, 6.45) is 0. The Bertz CT molecular complexity index is 464. The smallest absolute Gasteiger partial charge is 0.255 e. The maximum Gasteiger partial charge on any atom is 0.255 e. The van der Waals surface area contributed by atoms with Crippen molar-refractivity contribution >= 4 is 37.8 Å². The summed E-state index contributed by atoms with van der Waals surface area (Å²) in [6.45, 7) is 5.77. The number of rotatable bonds is 1. The monoisotopic (exact) mass is 374 g/mol. The molecule has 5 heteroatoms. The maximum atomic E-state index is 12.6. The van der Waals surface area contributed by atoms with Gasteiger partial charge in [0.05, 0.1) is 5.56 Å². The molecule has 0 radical (unpaired) electrons. The predicted octanol–water partition coefficient (Wildman–Crippen LogP) is 3.03. The molecule has 1 fully saturated rings. The molecule has 0 saturated carbocycles. The van der Waals surface area contributed by atoms with Crippen molar-refractivity contribution in [3.8, 4) is 0 Å². The molecule has 2 unspecified atom stereocenters. The van der Waals surface area contributed by atoms with Crippen molar-refractivity contribution in [3.05, 3.63) is 32.7 Å². The van der Waals surface area contributed by atoms with Gasteiger partial charge in [-0.1, -0.05) is 15.9 Å². The largest absolute Gasteiger partial charge is 0.333 e. The normalized spacial score (nSPS) is 24.1. The van der Waals surface area contributed by atoms with Crippen molar-refractivity contribution in [1.29, 1.82) is 0 Å². The standard InChI is InChI=1S/C13H16Br2N2O/c1-8-7-17(9(2)6-16-8)13(18)11-5-10(14)3-4-12(11)15/h3-5,8-9,16H,6-7H2,1-2H3. The fourth-order valence-electron chi connectivity index (χ4n) is 2.12. The van der Waals surface area contributed by atoms with Crippen molar-refractivity contribution in [1.82, 2.24) is 10.2 Å². The molecule has 1 N–H and O–H groups in total. The number of nitrogens with one attached hydrogen (secondary N) is 1. The molecule has 0 aromatic heterocycles. The summed E-state index contributed by atoms with van der Waals surface area (Å²) in [5, 5.41) is 3.38. The van der Waals surface area contributed by atoms with Crippen LogP contribution in [0, 0.1) is 0 Å². The van der Waals surface area contributed by atoms with Crippen LogP contribution in [0.1, 0.15) is 24.2 Å². The fraction of sp³-hybridized carbons (Fsp3) is 0.462. The van der Waals surface area contributed by atoms with Gasteiger partial charge in [0.2, 0.25) is 0 Å². The van der Waals surface area contributed by atoms with Gasteiger partial charge < -0.3 is 10.2 Å². The number of nitrogens with zero attached hydrogens (tertiary/aromatic N) is 1. The summed E-state index contributed by atoms with van der Waals surface area (Å²) in [5.41, 5.74) is 0.713. The summed E-state index contributed by atoms with van der Waals surface area (Å²) < 4.78 is 1.76. The minimum Gasteiger partial charge on any atom is -0.333 e. The zero-order valence-electron chi connectivity index (χ0n) is 10.4. The van der Waals surface area contributed by atoms with Crippen LogP contribution >= 0.6 is 31.9 Å². The lowest BCUT2D eigenvalue weighted by atomic mass is 10.1. The molecule has 0 aliphatic carbocycles. The lowest BCUT2D eigenvalue weighted by Gasteiger charge is -2.37. The predicted molar refractivity (Wildman–Crippen MR) is 79.8 cm³/mol. The first-order valence-corrected chi connectivity index (χ1v) is 7.57. The molecule has 1 aromatic carbocycles. The van der Waals surface area contributed by atoms with Gasteiger partial charge in [-0.05, 0) is 48.0 Å². The second kappa shape index (κ2) is 5.72. The van der Waals surface area contributed by atoms with Crippen LogP contribution in [0.4, 0.5) is 0 Å². The number of hydrogen-bond donors (Lipinski definition) is 1. The Balaban J connectivity index is 2.27. The van der Waals surface area contributed by atoms with E-state index in [1.165, 1.54) is 0 Å². The van der Waals surface area contributed by atoms with E-state index in [0.29, 0.717) is 11.6 Å².